The van der Waals surface area contributed by atoms with Crippen LogP contribution in [0, 0.1) is 47.3 Å². The van der Waals surface area contributed by atoms with Crippen molar-refractivity contribution in [2.45, 2.75) is 536 Å². The zero-order valence-corrected chi connectivity index (χ0v) is 79.4. The summed E-state index contributed by atoms with van der Waals surface area (Å²) in [6, 6.07) is 0. The SMILES string of the molecule is C=C(CCCC)CCCCCC.C=CC(CCCC)CCCCC.C=CCC(CC)CCCCCC.C=CCC(CCC)CCCCC.C=CCC(CCCC)CCCC.C=CCCC(C)CCCCCC.C=CCCC(CCC)CCCC.C=CCCCC(CC)CCCC.C=CCCCCC(C)CCCC. The molecule has 648 valence electrons. The zero-order valence-electron chi connectivity index (χ0n) is 79.4. The van der Waals surface area contributed by atoms with Gasteiger partial charge in [0.15, 0.2) is 0 Å². The molecule has 0 aliphatic rings. The molecular weight excluding hydrogens is 1300 g/mol. The predicted molar refractivity (Wildman–Crippen MR) is 516 cm³/mol. The number of unbranched alkanes of at least 4 members (excludes halogenated alkanes) is 23. The van der Waals surface area contributed by atoms with Crippen LogP contribution in [-0.4, -0.2) is 0 Å². The molecule has 0 rings (SSSR count). The van der Waals surface area contributed by atoms with Crippen molar-refractivity contribution in [3.8, 4) is 0 Å². The van der Waals surface area contributed by atoms with Crippen LogP contribution in [0.3, 0.4) is 0 Å². The fourth-order valence-corrected chi connectivity index (χ4v) is 14.0. The van der Waals surface area contributed by atoms with Gasteiger partial charge in [-0.15, -0.1) is 52.6 Å². The molecule has 0 aromatic heterocycles. The standard InChI is InChI=1S/9C12H24/c3*1-4-6-8-9-11-12(3)10-7-5-2;1-4-7-8-9-11-12(6-3)10-5-2;1-4-7-8-11-12(9-5-2)10-6-3;2*1-4-7-9-11-12(6-3)10-8-5-2;2*1-4-7-10-12(9-6-3)11-8-5-2/h3-11H2,1-2H3;5,12H,2,4,6-11H2,1,3H3;4,12H,1,5-11H2,2-3H3;2*5,12H,2,4,6-11H2,1,3H3;6,12H,3-5,7-11H2,1-2H3;4,12H,1,5-11H2,2-3H3;6,12H,3-5,7-11H2,1-2H3;4,12H,1,5-11H2,2-3H3. The summed E-state index contributed by atoms with van der Waals surface area (Å²) in [5.41, 5.74) is 1.47. The van der Waals surface area contributed by atoms with Gasteiger partial charge in [0.05, 0.1) is 0 Å². The molecule has 0 aromatic rings. The van der Waals surface area contributed by atoms with E-state index in [1.54, 1.807) is 0 Å². The Morgan fingerprint density at radius 1 is 0.213 bits per heavy atom. The van der Waals surface area contributed by atoms with E-state index < -0.39 is 0 Å². The predicted octanol–water partition coefficient (Wildman–Crippen LogP) is 41.2. The molecule has 108 heavy (non-hydrogen) atoms. The Hall–Kier alpha value is -2.34. The first-order valence-corrected chi connectivity index (χ1v) is 49.1. The van der Waals surface area contributed by atoms with Gasteiger partial charge in [-0.2, -0.15) is 0 Å². The molecule has 0 heterocycles. The summed E-state index contributed by atoms with van der Waals surface area (Å²) >= 11 is 0. The number of allylic oxidation sites excluding steroid dienone is 9. The second kappa shape index (κ2) is 120. The summed E-state index contributed by atoms with van der Waals surface area (Å²) in [7, 11) is 0. The molecule has 0 fully saturated rings. The Kier molecular flexibility index (Phi) is 138. The molecule has 0 amide bonds. The average Bonchev–Trinajstić information content (AvgIpc) is 1.16. The Labute approximate surface area is 692 Å². The lowest BCUT2D eigenvalue weighted by atomic mass is 9.92. The highest BCUT2D eigenvalue weighted by molar-refractivity contribution is 4.93. The molecule has 0 radical (unpaired) electrons. The maximum Gasteiger partial charge on any atom is -0.0236 e. The Bertz CT molecular complexity index is 1600. The average molecular weight is 1510 g/mol. The minimum atomic E-state index is 0.788. The largest absolute Gasteiger partial charge is 0.103 e. The molecule has 0 spiro atoms. The second-order valence-corrected chi connectivity index (χ2v) is 33.2. The quantitative estimate of drug-likeness (QED) is 0.0421. The second-order valence-electron chi connectivity index (χ2n) is 33.2. The summed E-state index contributed by atoms with van der Waals surface area (Å²) in [6.07, 6.45) is 103. The third-order valence-electron chi connectivity index (χ3n) is 21.9. The van der Waals surface area contributed by atoms with E-state index in [4.69, 9.17) is 0 Å². The van der Waals surface area contributed by atoms with Crippen molar-refractivity contribution in [2.24, 2.45) is 47.3 Å². The molecule has 0 aromatic carbocycles. The lowest BCUT2D eigenvalue weighted by Gasteiger charge is -2.13. The van der Waals surface area contributed by atoms with E-state index in [0.29, 0.717) is 0 Å². The van der Waals surface area contributed by atoms with E-state index >= 15 is 0 Å². The highest BCUT2D eigenvalue weighted by atomic mass is 14.2. The fourth-order valence-electron chi connectivity index (χ4n) is 14.0. The van der Waals surface area contributed by atoms with E-state index in [1.165, 1.54) is 417 Å². The third kappa shape index (κ3) is 125. The lowest BCUT2D eigenvalue weighted by Crippen LogP contribution is -1.99. The third-order valence-corrected chi connectivity index (χ3v) is 21.9. The monoisotopic (exact) mass is 1510 g/mol. The van der Waals surface area contributed by atoms with Crippen LogP contribution in [0.4, 0.5) is 0 Å². The van der Waals surface area contributed by atoms with Crippen LogP contribution in [0.5, 0.6) is 0 Å². The molecule has 0 aliphatic carbocycles. The van der Waals surface area contributed by atoms with Crippen molar-refractivity contribution in [3.05, 3.63) is 113 Å². The van der Waals surface area contributed by atoms with E-state index in [2.05, 4.69) is 214 Å². The summed E-state index contributed by atoms with van der Waals surface area (Å²) in [6.45, 7) is 75.4. The first kappa shape index (κ1) is 124. The van der Waals surface area contributed by atoms with Crippen molar-refractivity contribution in [1.82, 2.24) is 0 Å². The molecular formula is C108H216. The molecule has 0 bridgehead atoms. The van der Waals surface area contributed by atoms with Gasteiger partial charge in [-0.1, -0.05) is 487 Å². The number of hydrogen-bond donors (Lipinski definition) is 0. The zero-order chi connectivity index (χ0) is 83.1. The van der Waals surface area contributed by atoms with Gasteiger partial charge >= 0.3 is 0 Å². The van der Waals surface area contributed by atoms with Crippen LogP contribution in [-0.2, 0) is 0 Å². The van der Waals surface area contributed by atoms with E-state index in [1.807, 2.05) is 18.2 Å². The van der Waals surface area contributed by atoms with Gasteiger partial charge < -0.3 is 0 Å². The molecule has 0 N–H and O–H groups in total. The van der Waals surface area contributed by atoms with Crippen LogP contribution in [0.25, 0.3) is 0 Å². The van der Waals surface area contributed by atoms with E-state index in [-0.39, 0.29) is 0 Å². The van der Waals surface area contributed by atoms with Crippen molar-refractivity contribution in [3.63, 3.8) is 0 Å². The Balaban J connectivity index is -0.000000146. The molecule has 0 saturated heterocycles. The van der Waals surface area contributed by atoms with Gasteiger partial charge in [0.2, 0.25) is 0 Å². The minimum Gasteiger partial charge on any atom is -0.103 e. The number of hydrogen-bond acceptors (Lipinski definition) is 0. The van der Waals surface area contributed by atoms with Crippen LogP contribution < -0.4 is 0 Å². The lowest BCUT2D eigenvalue weighted by molar-refractivity contribution is 0.405. The van der Waals surface area contributed by atoms with Crippen molar-refractivity contribution in [2.75, 3.05) is 0 Å². The van der Waals surface area contributed by atoms with Crippen LogP contribution in [0.2, 0.25) is 0 Å². The Morgan fingerprint density at radius 3 is 0.935 bits per heavy atom. The highest BCUT2D eigenvalue weighted by Crippen LogP contribution is 2.25. The van der Waals surface area contributed by atoms with Crippen LogP contribution >= 0.6 is 0 Å². The van der Waals surface area contributed by atoms with Crippen molar-refractivity contribution in [1.29, 1.82) is 0 Å². The molecule has 7 unspecified atom stereocenters. The first-order chi connectivity index (χ1) is 52.5. The summed E-state index contributed by atoms with van der Waals surface area (Å²) in [4.78, 5) is 0. The van der Waals surface area contributed by atoms with Gasteiger partial charge in [0.1, 0.15) is 0 Å². The molecule has 0 saturated carbocycles. The maximum atomic E-state index is 4.09. The van der Waals surface area contributed by atoms with Gasteiger partial charge in [-0.05, 0) is 156 Å². The van der Waals surface area contributed by atoms with Gasteiger partial charge in [0, 0.05) is 0 Å². The van der Waals surface area contributed by atoms with Crippen LogP contribution in [0.1, 0.15) is 536 Å². The summed E-state index contributed by atoms with van der Waals surface area (Å²) < 4.78 is 0. The smallest absolute Gasteiger partial charge is 0.0236 e. The maximum absolute atomic E-state index is 4.09. The molecule has 0 heteroatoms. The first-order valence-electron chi connectivity index (χ1n) is 49.1. The van der Waals surface area contributed by atoms with Crippen molar-refractivity contribution >= 4 is 0 Å². The topological polar surface area (TPSA) is 0 Å². The summed E-state index contributed by atoms with van der Waals surface area (Å²) in [5, 5.41) is 0. The van der Waals surface area contributed by atoms with E-state index in [0.717, 1.165) is 47.3 Å². The fraction of sp³-hybridized carbons (Fsp3) is 0.833. The van der Waals surface area contributed by atoms with Gasteiger partial charge in [-0.3, -0.25) is 0 Å². The number of rotatable bonds is 72. The highest BCUT2D eigenvalue weighted by Gasteiger charge is 2.10. The van der Waals surface area contributed by atoms with Crippen molar-refractivity contribution < 1.29 is 0 Å². The van der Waals surface area contributed by atoms with Gasteiger partial charge in [0.25, 0.3) is 0 Å². The van der Waals surface area contributed by atoms with Crippen LogP contribution in [0.15, 0.2) is 113 Å². The molecule has 0 nitrogen and oxygen atoms in total. The normalized spacial score (nSPS) is 12.3. The summed E-state index contributed by atoms with van der Waals surface area (Å²) in [5.74, 6) is 7.31. The minimum absolute atomic E-state index is 0.788. The van der Waals surface area contributed by atoms with E-state index in [9.17, 15) is 0 Å². The molecule has 7 atom stereocenters. The van der Waals surface area contributed by atoms with Gasteiger partial charge in [-0.25, -0.2) is 0 Å². The Morgan fingerprint density at radius 2 is 0.500 bits per heavy atom. The molecule has 0 aliphatic heterocycles.